The smallest absolute Gasteiger partial charge is 0.319 e. The molecule has 2 rings (SSSR count). The van der Waals surface area contributed by atoms with Crippen LogP contribution in [0.15, 0.2) is 12.2 Å². The summed E-state index contributed by atoms with van der Waals surface area (Å²) in [5.74, 6) is 0.497. The van der Waals surface area contributed by atoms with E-state index in [2.05, 4.69) is 6.58 Å². The summed E-state index contributed by atoms with van der Waals surface area (Å²) in [6.07, 6.45) is 3.46. The molecule has 78 valence electrons. The summed E-state index contributed by atoms with van der Waals surface area (Å²) in [5, 5.41) is 0. The number of carbonyl (C=O) groups is 1. The fourth-order valence-electron chi connectivity index (χ4n) is 2.70. The van der Waals surface area contributed by atoms with Crippen molar-refractivity contribution in [1.29, 1.82) is 0 Å². The minimum absolute atomic E-state index is 0.154. The van der Waals surface area contributed by atoms with Crippen LogP contribution < -0.4 is 0 Å². The first kappa shape index (κ1) is 9.56. The molecule has 2 unspecified atom stereocenters. The van der Waals surface area contributed by atoms with E-state index in [9.17, 15) is 4.79 Å². The summed E-state index contributed by atoms with van der Waals surface area (Å²) in [7, 11) is 3.78. The van der Waals surface area contributed by atoms with Crippen molar-refractivity contribution in [2.45, 2.75) is 25.3 Å². The minimum Gasteiger partial charge on any atom is -0.327 e. The lowest BCUT2D eigenvalue weighted by Gasteiger charge is -2.46. The van der Waals surface area contributed by atoms with Crippen molar-refractivity contribution >= 4 is 6.03 Å². The van der Waals surface area contributed by atoms with Gasteiger partial charge in [0, 0.05) is 32.6 Å². The lowest BCUT2D eigenvalue weighted by Crippen LogP contribution is -2.57. The van der Waals surface area contributed by atoms with Crippen LogP contribution in [0.1, 0.15) is 19.3 Å². The zero-order valence-corrected chi connectivity index (χ0v) is 8.99. The number of carbonyl (C=O) groups excluding carboxylic acids is 1. The Balaban J connectivity index is 2.21. The molecule has 2 amide bonds. The molecular weight excluding hydrogens is 176 g/mol. The molecular formula is C11H18N2O. The monoisotopic (exact) mass is 194 g/mol. The Labute approximate surface area is 85.4 Å². The largest absolute Gasteiger partial charge is 0.327 e. The highest BCUT2D eigenvalue weighted by Gasteiger charge is 2.39. The van der Waals surface area contributed by atoms with Gasteiger partial charge in [0.05, 0.1) is 0 Å². The summed E-state index contributed by atoms with van der Waals surface area (Å²) in [5.41, 5.74) is 1.33. The van der Waals surface area contributed by atoms with Crippen LogP contribution in [-0.4, -0.2) is 42.5 Å². The summed E-state index contributed by atoms with van der Waals surface area (Å²) in [6, 6.07) is 0.556. The van der Waals surface area contributed by atoms with E-state index in [1.165, 1.54) is 12.0 Å². The number of urea groups is 1. The van der Waals surface area contributed by atoms with Gasteiger partial charge in [-0.1, -0.05) is 12.2 Å². The number of nitrogens with zero attached hydrogens (tertiary/aromatic N) is 2. The molecule has 0 aromatic carbocycles. The molecule has 0 aromatic heterocycles. The van der Waals surface area contributed by atoms with Crippen molar-refractivity contribution in [3.8, 4) is 0 Å². The van der Waals surface area contributed by atoms with Gasteiger partial charge >= 0.3 is 6.03 Å². The molecule has 0 aromatic rings. The van der Waals surface area contributed by atoms with Crippen LogP contribution in [0.2, 0.25) is 0 Å². The highest BCUT2D eigenvalue weighted by molar-refractivity contribution is 5.75. The topological polar surface area (TPSA) is 23.6 Å². The first-order chi connectivity index (χ1) is 6.61. The maximum atomic E-state index is 11.7. The summed E-state index contributed by atoms with van der Waals surface area (Å²) >= 11 is 0. The molecule has 3 nitrogen and oxygen atoms in total. The van der Waals surface area contributed by atoms with Gasteiger partial charge in [-0.2, -0.15) is 0 Å². The number of hydrogen-bond donors (Lipinski definition) is 0. The van der Waals surface area contributed by atoms with Gasteiger partial charge in [-0.3, -0.25) is 0 Å². The molecule has 1 heterocycles. The highest BCUT2D eigenvalue weighted by Crippen LogP contribution is 2.34. The second-order valence-electron chi connectivity index (χ2n) is 4.50. The minimum atomic E-state index is 0.154. The van der Waals surface area contributed by atoms with Crippen LogP contribution in [-0.2, 0) is 0 Å². The first-order valence-electron chi connectivity index (χ1n) is 5.27. The molecule has 0 N–H and O–H groups in total. The van der Waals surface area contributed by atoms with Crippen LogP contribution in [0.4, 0.5) is 4.79 Å². The lowest BCUT2D eigenvalue weighted by atomic mass is 9.79. The van der Waals surface area contributed by atoms with E-state index in [4.69, 9.17) is 0 Å². The Morgan fingerprint density at radius 1 is 1.43 bits per heavy atom. The van der Waals surface area contributed by atoms with E-state index in [0.29, 0.717) is 12.0 Å². The highest BCUT2D eigenvalue weighted by atomic mass is 16.2. The van der Waals surface area contributed by atoms with E-state index in [1.807, 2.05) is 19.0 Å². The van der Waals surface area contributed by atoms with Gasteiger partial charge in [0.2, 0.25) is 0 Å². The molecule has 0 bridgehead atoms. The van der Waals surface area contributed by atoms with Crippen molar-refractivity contribution in [3.63, 3.8) is 0 Å². The van der Waals surface area contributed by atoms with Gasteiger partial charge in [0.15, 0.2) is 0 Å². The van der Waals surface area contributed by atoms with Gasteiger partial charge < -0.3 is 9.80 Å². The number of fused-ring (bicyclic) bond motifs is 1. The van der Waals surface area contributed by atoms with Gasteiger partial charge in [0.1, 0.15) is 0 Å². The lowest BCUT2D eigenvalue weighted by molar-refractivity contribution is 0.0855. The second kappa shape index (κ2) is 3.30. The Hall–Kier alpha value is -0.990. The van der Waals surface area contributed by atoms with E-state index >= 15 is 0 Å². The van der Waals surface area contributed by atoms with Gasteiger partial charge in [0.25, 0.3) is 0 Å². The third-order valence-electron chi connectivity index (χ3n) is 3.58. The zero-order valence-electron chi connectivity index (χ0n) is 8.99. The predicted octanol–water partition coefficient (Wildman–Crippen LogP) is 1.71. The van der Waals surface area contributed by atoms with Crippen molar-refractivity contribution in [1.82, 2.24) is 9.80 Å². The zero-order chi connectivity index (χ0) is 10.3. The average Bonchev–Trinajstić information content (AvgIpc) is 2.17. The van der Waals surface area contributed by atoms with Crippen LogP contribution in [0.25, 0.3) is 0 Å². The summed E-state index contributed by atoms with van der Waals surface area (Å²) in [4.78, 5) is 15.4. The Morgan fingerprint density at radius 3 is 2.86 bits per heavy atom. The SMILES string of the molecule is C=C1CCCC2C1CN(C)C(=O)N2C. The van der Waals surface area contributed by atoms with E-state index in [0.717, 1.165) is 19.4 Å². The Morgan fingerprint density at radius 2 is 2.14 bits per heavy atom. The quantitative estimate of drug-likeness (QED) is 0.538. The van der Waals surface area contributed by atoms with Crippen LogP contribution in [0, 0.1) is 5.92 Å². The molecule has 14 heavy (non-hydrogen) atoms. The maximum absolute atomic E-state index is 11.7. The van der Waals surface area contributed by atoms with Gasteiger partial charge in [-0.25, -0.2) is 4.79 Å². The van der Waals surface area contributed by atoms with E-state index in [-0.39, 0.29) is 6.03 Å². The summed E-state index contributed by atoms with van der Waals surface area (Å²) in [6.45, 7) is 4.98. The molecule has 0 radical (unpaired) electrons. The molecule has 1 aliphatic heterocycles. The van der Waals surface area contributed by atoms with Crippen molar-refractivity contribution < 1.29 is 4.79 Å². The molecule has 2 aliphatic rings. The fraction of sp³-hybridized carbons (Fsp3) is 0.727. The third-order valence-corrected chi connectivity index (χ3v) is 3.58. The standard InChI is InChI=1S/C11H18N2O/c1-8-5-4-6-10-9(8)7-12(2)11(14)13(10)3/h9-10H,1,4-7H2,2-3H3. The number of rotatable bonds is 0. The average molecular weight is 194 g/mol. The molecule has 3 heteroatoms. The normalized spacial score (nSPS) is 33.3. The molecule has 1 saturated carbocycles. The van der Waals surface area contributed by atoms with Gasteiger partial charge in [-0.15, -0.1) is 0 Å². The Bertz CT molecular complexity index is 274. The van der Waals surface area contributed by atoms with Gasteiger partial charge in [-0.05, 0) is 19.3 Å². The molecule has 1 saturated heterocycles. The molecule has 2 atom stereocenters. The molecule has 2 fully saturated rings. The van der Waals surface area contributed by atoms with Crippen LogP contribution in [0.3, 0.4) is 0 Å². The third kappa shape index (κ3) is 1.31. The maximum Gasteiger partial charge on any atom is 0.319 e. The van der Waals surface area contributed by atoms with Crippen LogP contribution in [0.5, 0.6) is 0 Å². The predicted molar refractivity (Wildman–Crippen MR) is 56.1 cm³/mol. The second-order valence-corrected chi connectivity index (χ2v) is 4.50. The first-order valence-corrected chi connectivity index (χ1v) is 5.27. The molecule has 1 aliphatic carbocycles. The fourth-order valence-corrected chi connectivity index (χ4v) is 2.70. The number of hydrogen-bond acceptors (Lipinski definition) is 1. The van der Waals surface area contributed by atoms with Crippen LogP contribution >= 0.6 is 0 Å². The Kier molecular flexibility index (Phi) is 2.25. The van der Waals surface area contributed by atoms with E-state index in [1.54, 1.807) is 4.90 Å². The van der Waals surface area contributed by atoms with E-state index < -0.39 is 0 Å². The summed E-state index contributed by atoms with van der Waals surface area (Å²) < 4.78 is 0. The number of amides is 2. The van der Waals surface area contributed by atoms with Crippen molar-refractivity contribution in [2.75, 3.05) is 20.6 Å². The molecule has 0 spiro atoms. The van der Waals surface area contributed by atoms with Crippen molar-refractivity contribution in [2.24, 2.45) is 5.92 Å². The van der Waals surface area contributed by atoms with Crippen molar-refractivity contribution in [3.05, 3.63) is 12.2 Å².